The molecule has 3 heteroatoms. The minimum atomic E-state index is 0.563. The second-order valence-electron chi connectivity index (χ2n) is 6.64. The van der Waals surface area contributed by atoms with Gasteiger partial charge in [0.1, 0.15) is 0 Å². The lowest BCUT2D eigenvalue weighted by atomic mass is 9.89. The van der Waals surface area contributed by atoms with Crippen molar-refractivity contribution in [3.8, 4) is 0 Å². The molecule has 1 aliphatic carbocycles. The van der Waals surface area contributed by atoms with E-state index in [1.54, 1.807) is 0 Å². The molecule has 1 aliphatic rings. The molecule has 2 atom stereocenters. The van der Waals surface area contributed by atoms with Crippen LogP contribution < -0.4 is 5.32 Å². The van der Waals surface area contributed by atoms with Gasteiger partial charge in [0.05, 0.1) is 11.7 Å². The molecular formula is C18H33N3. The summed E-state index contributed by atoms with van der Waals surface area (Å²) in [7, 11) is 2.10. The quantitative estimate of drug-likeness (QED) is 0.733. The predicted octanol–water partition coefficient (Wildman–Crippen LogP) is 4.35. The summed E-state index contributed by atoms with van der Waals surface area (Å²) in [6.07, 6.45) is 13.9. The first-order valence-electron chi connectivity index (χ1n) is 8.99. The molecule has 1 saturated carbocycles. The molecule has 21 heavy (non-hydrogen) atoms. The van der Waals surface area contributed by atoms with E-state index < -0.39 is 0 Å². The van der Waals surface area contributed by atoms with E-state index in [9.17, 15) is 0 Å². The molecule has 120 valence electrons. The summed E-state index contributed by atoms with van der Waals surface area (Å²) >= 11 is 0. The van der Waals surface area contributed by atoms with Crippen LogP contribution in [0.25, 0.3) is 0 Å². The highest BCUT2D eigenvalue weighted by atomic mass is 15.3. The third-order valence-electron chi connectivity index (χ3n) is 5.18. The summed E-state index contributed by atoms with van der Waals surface area (Å²) in [5, 5.41) is 8.39. The van der Waals surface area contributed by atoms with Gasteiger partial charge in [-0.2, -0.15) is 5.10 Å². The number of unbranched alkanes of at least 4 members (excludes halogenated alkanes) is 1. The van der Waals surface area contributed by atoms with Crippen molar-refractivity contribution >= 4 is 0 Å². The van der Waals surface area contributed by atoms with Gasteiger partial charge >= 0.3 is 0 Å². The molecule has 0 bridgehead atoms. The Kier molecular flexibility index (Phi) is 6.75. The monoisotopic (exact) mass is 291 g/mol. The maximum Gasteiger partial charge on any atom is 0.0640 e. The van der Waals surface area contributed by atoms with Gasteiger partial charge < -0.3 is 5.32 Å². The van der Waals surface area contributed by atoms with Gasteiger partial charge in [0.25, 0.3) is 0 Å². The smallest absolute Gasteiger partial charge is 0.0640 e. The first-order chi connectivity index (χ1) is 10.3. The fraction of sp³-hybridized carbons (Fsp3) is 0.833. The molecule has 1 heterocycles. The fourth-order valence-electron chi connectivity index (χ4n) is 3.74. The Hall–Kier alpha value is -0.830. The van der Waals surface area contributed by atoms with E-state index in [-0.39, 0.29) is 0 Å². The fourth-order valence-corrected chi connectivity index (χ4v) is 3.74. The Morgan fingerprint density at radius 1 is 1.33 bits per heavy atom. The van der Waals surface area contributed by atoms with Crippen molar-refractivity contribution in [1.82, 2.24) is 15.1 Å². The zero-order valence-corrected chi connectivity index (χ0v) is 14.1. The van der Waals surface area contributed by atoms with Gasteiger partial charge in [-0.05, 0) is 38.3 Å². The number of hydrogen-bond acceptors (Lipinski definition) is 2. The molecule has 0 saturated heterocycles. The van der Waals surface area contributed by atoms with Crippen LogP contribution >= 0.6 is 0 Å². The van der Waals surface area contributed by atoms with Gasteiger partial charge in [-0.1, -0.05) is 46.0 Å². The van der Waals surface area contributed by atoms with Crippen molar-refractivity contribution < 1.29 is 0 Å². The highest BCUT2D eigenvalue weighted by Crippen LogP contribution is 2.29. The molecule has 3 nitrogen and oxygen atoms in total. The van der Waals surface area contributed by atoms with Gasteiger partial charge in [0.15, 0.2) is 0 Å². The van der Waals surface area contributed by atoms with Crippen LogP contribution in [-0.2, 0) is 6.42 Å². The topological polar surface area (TPSA) is 29.9 Å². The summed E-state index contributed by atoms with van der Waals surface area (Å²) < 4.78 is 2.22. The van der Waals surface area contributed by atoms with E-state index in [4.69, 9.17) is 5.10 Å². The third kappa shape index (κ3) is 4.57. The largest absolute Gasteiger partial charge is 0.316 e. The minimum Gasteiger partial charge on any atom is -0.316 e. The highest BCUT2D eigenvalue weighted by Gasteiger charge is 2.21. The summed E-state index contributed by atoms with van der Waals surface area (Å²) in [6.45, 7) is 4.60. The number of rotatable bonds is 9. The molecule has 2 rings (SSSR count). The molecule has 2 unspecified atom stereocenters. The van der Waals surface area contributed by atoms with Crippen molar-refractivity contribution in [2.75, 3.05) is 7.05 Å². The Labute approximate surface area is 130 Å². The minimum absolute atomic E-state index is 0.563. The van der Waals surface area contributed by atoms with E-state index in [1.807, 2.05) is 0 Å². The lowest BCUT2D eigenvalue weighted by Crippen LogP contribution is -2.35. The van der Waals surface area contributed by atoms with Crippen LogP contribution in [0.4, 0.5) is 0 Å². The SMILES string of the molecule is CCCCC(CC)C(Cc1ccn(C2CCCC2)n1)NC. The van der Waals surface area contributed by atoms with E-state index in [2.05, 4.69) is 43.2 Å². The number of aromatic nitrogens is 2. The van der Waals surface area contributed by atoms with Crippen molar-refractivity contribution in [2.45, 2.75) is 83.7 Å². The molecule has 0 amide bonds. The van der Waals surface area contributed by atoms with Crippen molar-refractivity contribution in [2.24, 2.45) is 5.92 Å². The number of nitrogens with zero attached hydrogens (tertiary/aromatic N) is 2. The Balaban J connectivity index is 1.93. The third-order valence-corrected chi connectivity index (χ3v) is 5.18. The van der Waals surface area contributed by atoms with E-state index in [0.29, 0.717) is 12.1 Å². The average molecular weight is 291 g/mol. The normalized spacial score (nSPS) is 19.0. The van der Waals surface area contributed by atoms with Crippen LogP contribution in [-0.4, -0.2) is 22.9 Å². The molecule has 0 aromatic carbocycles. The second kappa shape index (κ2) is 8.57. The van der Waals surface area contributed by atoms with E-state index in [0.717, 1.165) is 12.3 Å². The predicted molar refractivity (Wildman–Crippen MR) is 89.6 cm³/mol. The van der Waals surface area contributed by atoms with Gasteiger partial charge in [-0.25, -0.2) is 0 Å². The van der Waals surface area contributed by atoms with Crippen LogP contribution in [0.2, 0.25) is 0 Å². The van der Waals surface area contributed by atoms with E-state index in [1.165, 1.54) is 57.1 Å². The summed E-state index contributed by atoms with van der Waals surface area (Å²) in [4.78, 5) is 0. The number of likely N-dealkylation sites (N-methyl/N-ethyl adjacent to an activating group) is 1. The second-order valence-corrected chi connectivity index (χ2v) is 6.64. The van der Waals surface area contributed by atoms with Crippen molar-refractivity contribution in [1.29, 1.82) is 0 Å². The molecule has 1 aromatic heterocycles. The zero-order chi connectivity index (χ0) is 15.1. The standard InChI is InChI=1S/C18H33N3/c1-4-6-9-15(5-2)18(19-3)14-16-12-13-21(20-16)17-10-7-8-11-17/h12-13,15,17-19H,4-11,14H2,1-3H3. The molecule has 0 spiro atoms. The molecule has 0 aliphatic heterocycles. The molecule has 0 radical (unpaired) electrons. The summed E-state index contributed by atoms with van der Waals surface area (Å²) in [5.74, 6) is 0.770. The Morgan fingerprint density at radius 3 is 2.71 bits per heavy atom. The lowest BCUT2D eigenvalue weighted by molar-refractivity contribution is 0.327. The van der Waals surface area contributed by atoms with Crippen LogP contribution in [0.15, 0.2) is 12.3 Å². The van der Waals surface area contributed by atoms with Crippen LogP contribution in [0, 0.1) is 5.92 Å². The number of nitrogens with one attached hydrogen (secondary N) is 1. The lowest BCUT2D eigenvalue weighted by Gasteiger charge is -2.25. The van der Waals surface area contributed by atoms with E-state index >= 15 is 0 Å². The average Bonchev–Trinajstić information content (AvgIpc) is 3.17. The molecule has 1 aromatic rings. The Bertz CT molecular complexity index is 393. The van der Waals surface area contributed by atoms with Gasteiger partial charge in [0.2, 0.25) is 0 Å². The first kappa shape index (κ1) is 16.5. The summed E-state index contributed by atoms with van der Waals surface area (Å²) in [6, 6.07) is 3.46. The van der Waals surface area contributed by atoms with Crippen LogP contribution in [0.3, 0.4) is 0 Å². The number of hydrogen-bond donors (Lipinski definition) is 1. The van der Waals surface area contributed by atoms with Gasteiger partial charge in [-0.15, -0.1) is 0 Å². The van der Waals surface area contributed by atoms with Crippen LogP contribution in [0.5, 0.6) is 0 Å². The van der Waals surface area contributed by atoms with Crippen molar-refractivity contribution in [3.63, 3.8) is 0 Å². The van der Waals surface area contributed by atoms with Crippen molar-refractivity contribution in [3.05, 3.63) is 18.0 Å². The maximum atomic E-state index is 4.85. The Morgan fingerprint density at radius 2 is 2.10 bits per heavy atom. The van der Waals surface area contributed by atoms with Crippen LogP contribution in [0.1, 0.15) is 76.9 Å². The summed E-state index contributed by atoms with van der Waals surface area (Å²) in [5.41, 5.74) is 1.26. The molecule has 1 fully saturated rings. The molecular weight excluding hydrogens is 258 g/mol. The van der Waals surface area contributed by atoms with Gasteiger partial charge in [-0.3, -0.25) is 4.68 Å². The highest BCUT2D eigenvalue weighted by molar-refractivity contribution is 5.03. The van der Waals surface area contributed by atoms with Gasteiger partial charge in [0, 0.05) is 18.7 Å². The maximum absolute atomic E-state index is 4.85. The molecule has 1 N–H and O–H groups in total. The first-order valence-corrected chi connectivity index (χ1v) is 8.99. The zero-order valence-electron chi connectivity index (χ0n) is 14.1.